The highest BCUT2D eigenvalue weighted by molar-refractivity contribution is 7.89. The third-order valence-electron chi connectivity index (χ3n) is 3.43. The number of amides is 1. The lowest BCUT2D eigenvalue weighted by Crippen LogP contribution is -2.52. The predicted octanol–water partition coefficient (Wildman–Crippen LogP) is 1.83. The topological polar surface area (TPSA) is 135 Å². The van der Waals surface area contributed by atoms with Crippen molar-refractivity contribution in [1.82, 2.24) is 9.79 Å². The molecule has 0 saturated carbocycles. The minimum Gasteiger partial charge on any atom is -0.289 e. The molecule has 24 heavy (non-hydrogen) atoms. The maximum atomic E-state index is 12.9. The van der Waals surface area contributed by atoms with E-state index >= 15 is 0 Å². The Labute approximate surface area is 140 Å². The number of benzene rings is 1. The summed E-state index contributed by atoms with van der Waals surface area (Å²) in [5.41, 5.74) is 10.8. The van der Waals surface area contributed by atoms with Gasteiger partial charge in [0.1, 0.15) is 6.04 Å². The molecule has 2 N–H and O–H groups in total. The first-order chi connectivity index (χ1) is 11.3. The molecule has 0 heterocycles. The third-order valence-corrected chi connectivity index (χ3v) is 5.33. The van der Waals surface area contributed by atoms with E-state index < -0.39 is 27.9 Å². The second-order valence-corrected chi connectivity index (χ2v) is 7.44. The van der Waals surface area contributed by atoms with Crippen LogP contribution in [0.15, 0.2) is 34.3 Å². The van der Waals surface area contributed by atoms with Crippen molar-refractivity contribution in [2.75, 3.05) is 13.1 Å². The van der Waals surface area contributed by atoms with E-state index in [1.165, 1.54) is 17.6 Å². The average molecular weight is 355 g/mol. The maximum absolute atomic E-state index is 12.9. The van der Waals surface area contributed by atoms with E-state index in [-0.39, 0.29) is 18.0 Å². The van der Waals surface area contributed by atoms with E-state index in [0.717, 1.165) is 9.87 Å². The number of sulfonamides is 1. The second-order valence-electron chi connectivity index (χ2n) is 5.55. The molecule has 1 atom stereocenters. The fourth-order valence-electron chi connectivity index (χ4n) is 2.27. The zero-order valence-corrected chi connectivity index (χ0v) is 14.6. The zero-order valence-electron chi connectivity index (χ0n) is 13.7. The van der Waals surface area contributed by atoms with Crippen molar-refractivity contribution in [3.05, 3.63) is 40.3 Å². The number of hydroxylamine groups is 1. The molecule has 0 spiro atoms. The van der Waals surface area contributed by atoms with Crippen LogP contribution in [0.25, 0.3) is 10.4 Å². The fourth-order valence-corrected chi connectivity index (χ4v) is 3.99. The van der Waals surface area contributed by atoms with Crippen LogP contribution in [0.2, 0.25) is 0 Å². The number of carbonyl (C=O) groups excluding carboxylic acids is 1. The van der Waals surface area contributed by atoms with E-state index in [1.807, 2.05) is 6.92 Å². The minimum atomic E-state index is -4.02. The molecule has 1 amide bonds. The molecule has 0 aliphatic heterocycles. The first-order valence-corrected chi connectivity index (χ1v) is 8.73. The lowest BCUT2D eigenvalue weighted by Gasteiger charge is -2.31. The highest BCUT2D eigenvalue weighted by atomic mass is 32.2. The van der Waals surface area contributed by atoms with Crippen LogP contribution in [-0.2, 0) is 14.8 Å². The van der Waals surface area contributed by atoms with Crippen molar-refractivity contribution in [1.29, 1.82) is 0 Å². The zero-order chi connectivity index (χ0) is 18.3. The Morgan fingerprint density at radius 1 is 1.38 bits per heavy atom. The van der Waals surface area contributed by atoms with Gasteiger partial charge in [0.05, 0.1) is 4.90 Å². The maximum Gasteiger partial charge on any atom is 0.262 e. The lowest BCUT2D eigenvalue weighted by atomic mass is 10.0. The minimum absolute atomic E-state index is 0.0189. The summed E-state index contributed by atoms with van der Waals surface area (Å²) < 4.78 is 26.8. The number of nitrogens with one attached hydrogen (secondary N) is 1. The Kier molecular flexibility index (Phi) is 7.18. The molecule has 132 valence electrons. The fraction of sp³-hybridized carbons (Fsp3) is 0.500. The Morgan fingerprint density at radius 3 is 2.42 bits per heavy atom. The van der Waals surface area contributed by atoms with Crippen LogP contribution in [-0.4, -0.2) is 43.0 Å². The molecule has 9 nitrogen and oxygen atoms in total. The van der Waals surface area contributed by atoms with Crippen molar-refractivity contribution >= 4 is 15.9 Å². The molecule has 1 aromatic rings. The summed E-state index contributed by atoms with van der Waals surface area (Å²) in [5, 5.41) is 12.3. The summed E-state index contributed by atoms with van der Waals surface area (Å²) in [7, 11) is -4.02. The van der Waals surface area contributed by atoms with Crippen molar-refractivity contribution in [3.8, 4) is 0 Å². The van der Waals surface area contributed by atoms with Gasteiger partial charge in [0.25, 0.3) is 5.91 Å². The first kappa shape index (κ1) is 19.9. The Hall–Kier alpha value is -2.13. The van der Waals surface area contributed by atoms with Crippen molar-refractivity contribution in [2.24, 2.45) is 11.0 Å². The molecule has 0 aromatic heterocycles. The molecule has 1 rings (SSSR count). The summed E-state index contributed by atoms with van der Waals surface area (Å²) in [6.45, 7) is 4.82. The van der Waals surface area contributed by atoms with Gasteiger partial charge in [0.15, 0.2) is 0 Å². The van der Waals surface area contributed by atoms with Crippen molar-refractivity contribution in [3.63, 3.8) is 0 Å². The summed E-state index contributed by atoms with van der Waals surface area (Å²) in [4.78, 5) is 14.6. The Morgan fingerprint density at radius 2 is 1.96 bits per heavy atom. The standard InChI is InChI=1S/C14H21N5O4S/c1-10(2)13(14(20)17-21)19(9-8-16-18-15)24(22,23)12-6-4-11(3)5-7-12/h4-7,10,13,21H,8-9H2,1-3H3,(H,17,20)/t13-/m1/s1. The van der Waals surface area contributed by atoms with Gasteiger partial charge in [-0.3, -0.25) is 10.0 Å². The highest BCUT2D eigenvalue weighted by Crippen LogP contribution is 2.22. The predicted molar refractivity (Wildman–Crippen MR) is 87.6 cm³/mol. The normalized spacial score (nSPS) is 12.8. The summed E-state index contributed by atoms with van der Waals surface area (Å²) in [5.74, 6) is -1.26. The van der Waals surface area contributed by atoms with Crippen LogP contribution in [0.4, 0.5) is 0 Å². The van der Waals surface area contributed by atoms with Gasteiger partial charge in [-0.05, 0) is 30.5 Å². The van der Waals surface area contributed by atoms with E-state index in [9.17, 15) is 13.2 Å². The molecule has 0 fully saturated rings. The molecular weight excluding hydrogens is 334 g/mol. The highest BCUT2D eigenvalue weighted by Gasteiger charge is 2.37. The van der Waals surface area contributed by atoms with Crippen molar-refractivity contribution < 1.29 is 18.4 Å². The van der Waals surface area contributed by atoms with Crippen LogP contribution >= 0.6 is 0 Å². The van der Waals surface area contributed by atoms with Crippen LogP contribution in [0.1, 0.15) is 19.4 Å². The molecule has 0 saturated heterocycles. The number of aryl methyl sites for hydroxylation is 1. The monoisotopic (exact) mass is 355 g/mol. The van der Waals surface area contributed by atoms with Crippen LogP contribution in [0.3, 0.4) is 0 Å². The molecular formula is C14H21N5O4S. The number of carbonyl (C=O) groups is 1. The molecule has 1 aromatic carbocycles. The number of rotatable bonds is 8. The number of azide groups is 1. The molecule has 0 bridgehead atoms. The van der Waals surface area contributed by atoms with Gasteiger partial charge in [0.2, 0.25) is 10.0 Å². The second kappa shape index (κ2) is 8.65. The number of hydrogen-bond donors (Lipinski definition) is 2. The van der Waals surface area contributed by atoms with Crippen LogP contribution in [0.5, 0.6) is 0 Å². The van der Waals surface area contributed by atoms with Gasteiger partial charge in [-0.15, -0.1) is 0 Å². The van der Waals surface area contributed by atoms with Gasteiger partial charge in [-0.2, -0.15) is 4.31 Å². The molecule has 0 aliphatic carbocycles. The third kappa shape index (κ3) is 4.68. The van der Waals surface area contributed by atoms with E-state index in [1.54, 1.807) is 26.0 Å². The first-order valence-electron chi connectivity index (χ1n) is 7.29. The number of nitrogens with zero attached hydrogens (tertiary/aromatic N) is 4. The van der Waals surface area contributed by atoms with E-state index in [2.05, 4.69) is 10.0 Å². The quantitative estimate of drug-likeness (QED) is 0.242. The number of hydrogen-bond acceptors (Lipinski definition) is 5. The van der Waals surface area contributed by atoms with Crippen LogP contribution in [0, 0.1) is 12.8 Å². The smallest absolute Gasteiger partial charge is 0.262 e. The SMILES string of the molecule is Cc1ccc(S(=O)(=O)N(CCN=[N+]=[N-])[C@@H](C(=O)NO)C(C)C)cc1. The molecule has 10 heteroatoms. The van der Waals surface area contributed by atoms with Gasteiger partial charge in [-0.1, -0.05) is 36.7 Å². The average Bonchev–Trinajstić information content (AvgIpc) is 2.53. The van der Waals surface area contributed by atoms with Gasteiger partial charge in [-0.25, -0.2) is 13.9 Å². The van der Waals surface area contributed by atoms with Crippen LogP contribution < -0.4 is 5.48 Å². The summed E-state index contributed by atoms with van der Waals surface area (Å²) >= 11 is 0. The summed E-state index contributed by atoms with van der Waals surface area (Å²) in [6, 6.07) is 5.04. The molecule has 0 aliphatic rings. The Balaban J connectivity index is 3.36. The van der Waals surface area contributed by atoms with Gasteiger partial charge in [0, 0.05) is 18.0 Å². The van der Waals surface area contributed by atoms with Gasteiger partial charge < -0.3 is 0 Å². The molecule has 0 unspecified atom stereocenters. The Bertz CT molecular complexity index is 711. The van der Waals surface area contributed by atoms with E-state index in [0.29, 0.717) is 0 Å². The van der Waals surface area contributed by atoms with Gasteiger partial charge >= 0.3 is 0 Å². The van der Waals surface area contributed by atoms with E-state index in [4.69, 9.17) is 10.7 Å². The summed E-state index contributed by atoms with van der Waals surface area (Å²) in [6.07, 6.45) is 0. The largest absolute Gasteiger partial charge is 0.289 e. The molecule has 0 radical (unpaired) electrons. The van der Waals surface area contributed by atoms with Crippen molar-refractivity contribution in [2.45, 2.75) is 31.7 Å². The lowest BCUT2D eigenvalue weighted by molar-refractivity contribution is -0.134.